The Hall–Kier alpha value is -2.51. The number of carbonyl (C=O) groups excluding carboxylic acids is 1. The van der Waals surface area contributed by atoms with Crippen molar-refractivity contribution in [3.05, 3.63) is 65.2 Å². The number of nitrogens with zero attached hydrogens (tertiary/aromatic N) is 4. The van der Waals surface area contributed by atoms with Gasteiger partial charge in [-0.1, -0.05) is 53.7 Å². The molecule has 1 saturated heterocycles. The van der Waals surface area contributed by atoms with E-state index in [4.69, 9.17) is 17.4 Å². The van der Waals surface area contributed by atoms with Crippen molar-refractivity contribution in [3.8, 4) is 11.4 Å². The molecule has 0 saturated carbocycles. The van der Waals surface area contributed by atoms with Gasteiger partial charge in [0.1, 0.15) is 0 Å². The third kappa shape index (κ3) is 5.22. The molecule has 6 nitrogen and oxygen atoms in total. The average Bonchev–Trinajstić information content (AvgIpc) is 3.15. The lowest BCUT2D eigenvalue weighted by molar-refractivity contribution is -0.131. The van der Waals surface area contributed by atoms with Crippen LogP contribution in [0.4, 0.5) is 0 Å². The van der Waals surface area contributed by atoms with Crippen LogP contribution in [-0.2, 0) is 11.2 Å². The van der Waals surface area contributed by atoms with Crippen molar-refractivity contribution >= 4 is 29.3 Å². The first-order chi connectivity index (χ1) is 15.0. The molecule has 1 amide bonds. The first-order valence-corrected chi connectivity index (χ1v) is 11.7. The van der Waals surface area contributed by atoms with Crippen molar-refractivity contribution in [1.82, 2.24) is 19.8 Å². The van der Waals surface area contributed by atoms with E-state index in [0.717, 1.165) is 37.9 Å². The minimum atomic E-state index is -0.282. The van der Waals surface area contributed by atoms with Crippen molar-refractivity contribution in [2.75, 3.05) is 18.9 Å². The summed E-state index contributed by atoms with van der Waals surface area (Å²) in [6, 6.07) is 17.8. The Morgan fingerprint density at radius 3 is 2.48 bits per heavy atom. The third-order valence-electron chi connectivity index (χ3n) is 5.69. The number of likely N-dealkylation sites (tertiary alicyclic amines) is 1. The molecule has 1 fully saturated rings. The van der Waals surface area contributed by atoms with E-state index in [2.05, 4.69) is 34.5 Å². The largest absolute Gasteiger partial charge is 0.342 e. The van der Waals surface area contributed by atoms with Crippen molar-refractivity contribution in [2.45, 2.75) is 36.6 Å². The molecule has 8 heteroatoms. The van der Waals surface area contributed by atoms with E-state index in [1.165, 1.54) is 22.0 Å². The van der Waals surface area contributed by atoms with Crippen molar-refractivity contribution in [2.24, 2.45) is 5.92 Å². The summed E-state index contributed by atoms with van der Waals surface area (Å²) in [6.45, 7) is 3.50. The summed E-state index contributed by atoms with van der Waals surface area (Å²) in [5.74, 6) is 7.50. The zero-order valence-corrected chi connectivity index (χ0v) is 19.0. The summed E-state index contributed by atoms with van der Waals surface area (Å²) in [7, 11) is 0. The molecule has 1 aliphatic rings. The van der Waals surface area contributed by atoms with Gasteiger partial charge in [0.15, 0.2) is 5.82 Å². The molecule has 162 valence electrons. The summed E-state index contributed by atoms with van der Waals surface area (Å²) in [6.07, 6.45) is 3.15. The molecule has 31 heavy (non-hydrogen) atoms. The summed E-state index contributed by atoms with van der Waals surface area (Å²) in [4.78, 5) is 15.0. The highest BCUT2D eigenvalue weighted by Gasteiger charge is 2.28. The Balaban J connectivity index is 1.32. The highest BCUT2D eigenvalue weighted by Crippen LogP contribution is 2.28. The summed E-state index contributed by atoms with van der Waals surface area (Å²) >= 11 is 7.29. The van der Waals surface area contributed by atoms with Gasteiger partial charge in [-0.15, -0.1) is 10.2 Å². The topological polar surface area (TPSA) is 77.0 Å². The summed E-state index contributed by atoms with van der Waals surface area (Å²) in [5.41, 5.74) is 2.20. The molecule has 3 aromatic rings. The number of thioether (sulfide) groups is 1. The van der Waals surface area contributed by atoms with E-state index >= 15 is 0 Å². The lowest BCUT2D eigenvalue weighted by Crippen LogP contribution is -2.42. The molecular weight excluding hydrogens is 430 g/mol. The van der Waals surface area contributed by atoms with Crippen molar-refractivity contribution < 1.29 is 4.79 Å². The van der Waals surface area contributed by atoms with Gasteiger partial charge in [-0.25, -0.2) is 4.68 Å². The van der Waals surface area contributed by atoms with Gasteiger partial charge >= 0.3 is 0 Å². The van der Waals surface area contributed by atoms with Gasteiger partial charge in [0.25, 0.3) is 0 Å². The maximum absolute atomic E-state index is 13.0. The van der Waals surface area contributed by atoms with Crippen molar-refractivity contribution in [1.29, 1.82) is 0 Å². The second-order valence-corrected chi connectivity index (χ2v) is 9.65. The molecule has 1 unspecified atom stereocenters. The number of aromatic nitrogens is 3. The number of nitrogens with two attached hydrogens (primary N) is 1. The van der Waals surface area contributed by atoms with E-state index in [0.29, 0.717) is 21.9 Å². The van der Waals surface area contributed by atoms with Gasteiger partial charge in [0, 0.05) is 23.7 Å². The Labute approximate surface area is 191 Å². The van der Waals surface area contributed by atoms with Gasteiger partial charge in [-0.05, 0) is 61.9 Å². The molecule has 0 aliphatic carbocycles. The van der Waals surface area contributed by atoms with Crippen LogP contribution in [0.2, 0.25) is 5.02 Å². The zero-order chi connectivity index (χ0) is 21.8. The molecule has 1 atom stereocenters. The SMILES string of the molecule is CC(Sc1nnc(-c2ccc(Cl)cc2)n1N)C(=O)N1CCC(Cc2ccccc2)CC1. The number of benzene rings is 2. The van der Waals surface area contributed by atoms with E-state index in [1.807, 2.05) is 30.0 Å². The Morgan fingerprint density at radius 2 is 1.81 bits per heavy atom. The van der Waals surface area contributed by atoms with Gasteiger partial charge in [0.2, 0.25) is 11.1 Å². The minimum Gasteiger partial charge on any atom is -0.342 e. The van der Waals surface area contributed by atoms with Crippen LogP contribution in [-0.4, -0.2) is 44.0 Å². The lowest BCUT2D eigenvalue weighted by atomic mass is 9.90. The Kier molecular flexibility index (Phi) is 6.83. The molecule has 1 aromatic heterocycles. The smallest absolute Gasteiger partial charge is 0.235 e. The highest BCUT2D eigenvalue weighted by atomic mass is 35.5. The van der Waals surface area contributed by atoms with Gasteiger partial charge in [-0.3, -0.25) is 4.79 Å². The van der Waals surface area contributed by atoms with Gasteiger partial charge in [-0.2, -0.15) is 0 Å². The van der Waals surface area contributed by atoms with Gasteiger partial charge < -0.3 is 10.7 Å². The van der Waals surface area contributed by atoms with Crippen LogP contribution in [0.3, 0.4) is 0 Å². The van der Waals surface area contributed by atoms with Crippen molar-refractivity contribution in [3.63, 3.8) is 0 Å². The number of nitrogen functional groups attached to an aromatic ring is 1. The third-order valence-corrected chi connectivity index (χ3v) is 6.99. The minimum absolute atomic E-state index is 0.124. The van der Waals surface area contributed by atoms with Crippen LogP contribution in [0.15, 0.2) is 59.8 Å². The molecule has 4 rings (SSSR count). The molecule has 1 aliphatic heterocycles. The maximum atomic E-state index is 13.0. The van der Waals surface area contributed by atoms with E-state index < -0.39 is 0 Å². The molecule has 0 spiro atoms. The predicted octanol–water partition coefficient (Wildman–Crippen LogP) is 4.27. The Morgan fingerprint density at radius 1 is 1.13 bits per heavy atom. The number of hydrogen-bond donors (Lipinski definition) is 1. The zero-order valence-electron chi connectivity index (χ0n) is 17.4. The van der Waals surface area contributed by atoms with Crippen LogP contribution in [0.25, 0.3) is 11.4 Å². The number of carbonyl (C=O) groups is 1. The fraction of sp³-hybridized carbons (Fsp3) is 0.348. The molecule has 2 N–H and O–H groups in total. The van der Waals surface area contributed by atoms with Crippen LogP contribution >= 0.6 is 23.4 Å². The van der Waals surface area contributed by atoms with Crippen LogP contribution in [0.1, 0.15) is 25.3 Å². The number of amides is 1. The second-order valence-electron chi connectivity index (χ2n) is 7.90. The average molecular weight is 456 g/mol. The standard InChI is InChI=1S/C23H26ClN5OS/c1-16(31-23-27-26-21(29(23)25)19-7-9-20(24)10-8-19)22(30)28-13-11-18(12-14-28)15-17-5-3-2-4-6-17/h2-10,16,18H,11-15,25H2,1H3. The van der Waals surface area contributed by atoms with E-state index in [9.17, 15) is 4.79 Å². The second kappa shape index (κ2) is 9.75. The van der Waals surface area contributed by atoms with Crippen LogP contribution < -0.4 is 5.84 Å². The highest BCUT2D eigenvalue weighted by molar-refractivity contribution is 8.00. The summed E-state index contributed by atoms with van der Waals surface area (Å²) in [5, 5.41) is 9.26. The molecule has 2 aromatic carbocycles. The molecular formula is C23H26ClN5OS. The number of hydrogen-bond acceptors (Lipinski definition) is 5. The maximum Gasteiger partial charge on any atom is 0.235 e. The number of rotatable bonds is 6. The Bertz CT molecular complexity index is 1020. The van der Waals surface area contributed by atoms with Crippen LogP contribution in [0, 0.1) is 5.92 Å². The molecule has 2 heterocycles. The number of halogens is 1. The van der Waals surface area contributed by atoms with E-state index in [-0.39, 0.29) is 11.2 Å². The molecule has 0 radical (unpaired) electrons. The predicted molar refractivity (Wildman–Crippen MR) is 125 cm³/mol. The fourth-order valence-corrected chi connectivity index (χ4v) is 4.90. The summed E-state index contributed by atoms with van der Waals surface area (Å²) < 4.78 is 1.43. The lowest BCUT2D eigenvalue weighted by Gasteiger charge is -2.33. The van der Waals surface area contributed by atoms with Crippen LogP contribution in [0.5, 0.6) is 0 Å². The molecule has 0 bridgehead atoms. The fourth-order valence-electron chi connectivity index (χ4n) is 3.92. The first kappa shape index (κ1) is 21.7. The van der Waals surface area contributed by atoms with E-state index in [1.54, 1.807) is 12.1 Å². The first-order valence-electron chi connectivity index (χ1n) is 10.5. The monoisotopic (exact) mass is 455 g/mol. The normalized spacial score (nSPS) is 15.7. The number of piperidine rings is 1. The van der Waals surface area contributed by atoms with Gasteiger partial charge in [0.05, 0.1) is 5.25 Å². The quantitative estimate of drug-likeness (QED) is 0.443.